The van der Waals surface area contributed by atoms with Gasteiger partial charge in [-0.05, 0) is 56.2 Å². The first kappa shape index (κ1) is 21.9. The molecule has 6 nitrogen and oxygen atoms in total. The Morgan fingerprint density at radius 3 is 2.29 bits per heavy atom. The summed E-state index contributed by atoms with van der Waals surface area (Å²) in [6.07, 6.45) is 0. The van der Waals surface area contributed by atoms with Gasteiger partial charge in [-0.2, -0.15) is 4.31 Å². The monoisotopic (exact) mass is 404 g/mol. The Labute approximate surface area is 167 Å². The van der Waals surface area contributed by atoms with Gasteiger partial charge in [0.15, 0.2) is 0 Å². The van der Waals surface area contributed by atoms with Crippen molar-refractivity contribution < 1.29 is 17.9 Å². The lowest BCUT2D eigenvalue weighted by Gasteiger charge is -2.20. The minimum atomic E-state index is -3.63. The van der Waals surface area contributed by atoms with Gasteiger partial charge < -0.3 is 10.1 Å². The Hall–Kier alpha value is -2.38. The van der Waals surface area contributed by atoms with E-state index in [1.807, 2.05) is 26.8 Å². The molecule has 0 aliphatic carbocycles. The van der Waals surface area contributed by atoms with Crippen molar-refractivity contribution in [1.29, 1.82) is 0 Å². The molecule has 0 unspecified atom stereocenters. The first-order valence-corrected chi connectivity index (χ1v) is 10.7. The fourth-order valence-electron chi connectivity index (χ4n) is 3.01. The van der Waals surface area contributed by atoms with Gasteiger partial charge in [0.25, 0.3) is 5.91 Å². The van der Waals surface area contributed by atoms with Crippen LogP contribution in [0.2, 0.25) is 0 Å². The number of anilines is 1. The van der Waals surface area contributed by atoms with Crippen molar-refractivity contribution in [2.45, 2.75) is 39.5 Å². The van der Waals surface area contributed by atoms with Crippen LogP contribution in [0.25, 0.3) is 0 Å². The molecule has 2 aromatic rings. The number of sulfonamides is 1. The molecule has 0 fully saturated rings. The maximum absolute atomic E-state index is 12.9. The molecule has 0 aliphatic heterocycles. The second-order valence-corrected chi connectivity index (χ2v) is 8.60. The lowest BCUT2D eigenvalue weighted by Crippen LogP contribution is -2.30. The van der Waals surface area contributed by atoms with Gasteiger partial charge in [0, 0.05) is 18.8 Å². The van der Waals surface area contributed by atoms with Crippen LogP contribution in [0.15, 0.2) is 35.2 Å². The van der Waals surface area contributed by atoms with E-state index >= 15 is 0 Å². The van der Waals surface area contributed by atoms with Crippen molar-refractivity contribution >= 4 is 21.6 Å². The van der Waals surface area contributed by atoms with Crippen LogP contribution >= 0.6 is 0 Å². The van der Waals surface area contributed by atoms with E-state index in [0.29, 0.717) is 30.1 Å². The molecule has 7 heteroatoms. The number of hydrogen-bond donors (Lipinski definition) is 1. The topological polar surface area (TPSA) is 75.7 Å². The van der Waals surface area contributed by atoms with E-state index in [-0.39, 0.29) is 10.8 Å². The van der Waals surface area contributed by atoms with E-state index in [4.69, 9.17) is 4.74 Å². The van der Waals surface area contributed by atoms with Crippen molar-refractivity contribution in [2.24, 2.45) is 0 Å². The summed E-state index contributed by atoms with van der Waals surface area (Å²) in [5.41, 5.74) is 3.41. The smallest absolute Gasteiger partial charge is 0.259 e. The molecule has 28 heavy (non-hydrogen) atoms. The quantitative estimate of drug-likeness (QED) is 0.759. The van der Waals surface area contributed by atoms with Crippen LogP contribution in [0.1, 0.15) is 40.9 Å². The van der Waals surface area contributed by atoms with Gasteiger partial charge >= 0.3 is 0 Å². The molecular weight excluding hydrogens is 376 g/mol. The van der Waals surface area contributed by atoms with Gasteiger partial charge in [0.2, 0.25) is 10.0 Å². The number of amides is 1. The van der Waals surface area contributed by atoms with Crippen LogP contribution in [0.4, 0.5) is 5.69 Å². The average molecular weight is 405 g/mol. The molecule has 0 aliphatic rings. The molecule has 0 saturated heterocycles. The number of ether oxygens (including phenoxy) is 1. The Morgan fingerprint density at radius 2 is 1.71 bits per heavy atom. The third-order valence-electron chi connectivity index (χ3n) is 4.83. The molecular formula is C21H28N2O4S. The van der Waals surface area contributed by atoms with E-state index in [2.05, 4.69) is 5.32 Å². The summed E-state index contributed by atoms with van der Waals surface area (Å²) < 4.78 is 32.5. The number of carbonyl (C=O) groups is 1. The van der Waals surface area contributed by atoms with Gasteiger partial charge in [-0.25, -0.2) is 8.42 Å². The minimum absolute atomic E-state index is 0.172. The first-order chi connectivity index (χ1) is 13.1. The highest BCUT2D eigenvalue weighted by atomic mass is 32.2. The van der Waals surface area contributed by atoms with Gasteiger partial charge in [0.05, 0.1) is 17.6 Å². The molecule has 2 aromatic carbocycles. The van der Waals surface area contributed by atoms with E-state index < -0.39 is 10.0 Å². The van der Waals surface area contributed by atoms with Gasteiger partial charge in [-0.3, -0.25) is 4.79 Å². The van der Waals surface area contributed by atoms with Crippen LogP contribution in [0.5, 0.6) is 5.75 Å². The number of aryl methyl sites for hydroxylation is 2. The summed E-state index contributed by atoms with van der Waals surface area (Å²) in [5.74, 6) is 0.116. The summed E-state index contributed by atoms with van der Waals surface area (Å²) in [7, 11) is -2.12. The highest BCUT2D eigenvalue weighted by Crippen LogP contribution is 2.28. The number of carbonyl (C=O) groups excluding carboxylic acids is 1. The highest BCUT2D eigenvalue weighted by Gasteiger charge is 2.24. The fraction of sp³-hybridized carbons (Fsp3) is 0.381. The molecule has 0 spiro atoms. The van der Waals surface area contributed by atoms with Crippen molar-refractivity contribution in [3.8, 4) is 5.75 Å². The number of hydrogen-bond acceptors (Lipinski definition) is 4. The lowest BCUT2D eigenvalue weighted by atomic mass is 10.1. The van der Waals surface area contributed by atoms with Crippen LogP contribution in [0.3, 0.4) is 0 Å². The van der Waals surface area contributed by atoms with Crippen molar-refractivity contribution in [3.63, 3.8) is 0 Å². The molecule has 1 amide bonds. The predicted octanol–water partition coefficient (Wildman–Crippen LogP) is 3.90. The maximum Gasteiger partial charge on any atom is 0.259 e. The molecule has 0 saturated carbocycles. The second-order valence-electron chi connectivity index (χ2n) is 6.66. The molecule has 0 heterocycles. The summed E-state index contributed by atoms with van der Waals surface area (Å²) in [6, 6.07) is 8.51. The van der Waals surface area contributed by atoms with Crippen LogP contribution in [0, 0.1) is 20.8 Å². The van der Waals surface area contributed by atoms with Crippen LogP contribution < -0.4 is 10.1 Å². The Bertz CT molecular complexity index is 980. The molecule has 0 atom stereocenters. The first-order valence-electron chi connectivity index (χ1n) is 9.23. The minimum Gasteiger partial charge on any atom is -0.496 e. The molecule has 2 rings (SSSR count). The van der Waals surface area contributed by atoms with Crippen LogP contribution in [-0.2, 0) is 10.0 Å². The molecule has 1 N–H and O–H groups in total. The molecule has 0 bridgehead atoms. The summed E-state index contributed by atoms with van der Waals surface area (Å²) in [5, 5.41) is 2.85. The predicted molar refractivity (Wildman–Crippen MR) is 112 cm³/mol. The number of nitrogens with one attached hydrogen (secondary N) is 1. The third-order valence-corrected chi connectivity index (χ3v) is 6.86. The van der Waals surface area contributed by atoms with E-state index in [1.54, 1.807) is 32.0 Å². The maximum atomic E-state index is 12.9. The number of methoxy groups -OCH3 is 1. The van der Waals surface area contributed by atoms with Crippen molar-refractivity contribution in [3.05, 3.63) is 52.6 Å². The zero-order valence-corrected chi connectivity index (χ0v) is 18.1. The Balaban J connectivity index is 2.49. The normalized spacial score (nSPS) is 11.5. The van der Waals surface area contributed by atoms with Gasteiger partial charge in [-0.1, -0.05) is 25.5 Å². The largest absolute Gasteiger partial charge is 0.496 e. The summed E-state index contributed by atoms with van der Waals surface area (Å²) in [4.78, 5) is 13.0. The SMILES string of the molecule is CCN(CC)S(=O)(=O)c1cc(C)c(C)c(NC(=O)c2cc(C)ccc2OC)c1. The second kappa shape index (κ2) is 8.75. The summed E-state index contributed by atoms with van der Waals surface area (Å²) >= 11 is 0. The number of nitrogens with zero attached hydrogens (tertiary/aromatic N) is 1. The highest BCUT2D eigenvalue weighted by molar-refractivity contribution is 7.89. The fourth-order valence-corrected chi connectivity index (χ4v) is 4.58. The third kappa shape index (κ3) is 4.36. The van der Waals surface area contributed by atoms with E-state index in [0.717, 1.165) is 16.7 Å². The van der Waals surface area contributed by atoms with Gasteiger partial charge in [0.1, 0.15) is 5.75 Å². The van der Waals surface area contributed by atoms with Crippen molar-refractivity contribution in [1.82, 2.24) is 4.31 Å². The Morgan fingerprint density at radius 1 is 1.07 bits per heavy atom. The molecule has 0 aromatic heterocycles. The van der Waals surface area contributed by atoms with E-state index in [9.17, 15) is 13.2 Å². The van der Waals surface area contributed by atoms with Crippen LogP contribution in [-0.4, -0.2) is 38.8 Å². The molecule has 0 radical (unpaired) electrons. The zero-order valence-electron chi connectivity index (χ0n) is 17.3. The van der Waals surface area contributed by atoms with Gasteiger partial charge in [-0.15, -0.1) is 0 Å². The zero-order chi connectivity index (χ0) is 21.1. The standard InChI is InChI=1S/C21H28N2O4S/c1-7-23(8-2)28(25,26)17-12-15(4)16(5)19(13-17)22-21(24)18-11-14(3)9-10-20(18)27-6/h9-13H,7-8H2,1-6H3,(H,22,24). The molecule has 152 valence electrons. The van der Waals surface area contributed by atoms with Crippen molar-refractivity contribution in [2.75, 3.05) is 25.5 Å². The number of rotatable bonds is 7. The average Bonchev–Trinajstić information content (AvgIpc) is 2.65. The van der Waals surface area contributed by atoms with E-state index in [1.165, 1.54) is 17.5 Å². The number of benzene rings is 2. The Kier molecular flexibility index (Phi) is 6.85. The summed E-state index contributed by atoms with van der Waals surface area (Å²) in [6.45, 7) is 9.94. The lowest BCUT2D eigenvalue weighted by molar-refractivity contribution is 0.102.